The van der Waals surface area contributed by atoms with Crippen LogP contribution in [0.25, 0.3) is 0 Å². The number of amides is 2. The lowest BCUT2D eigenvalue weighted by Crippen LogP contribution is -2.42. The van der Waals surface area contributed by atoms with Crippen molar-refractivity contribution < 1.29 is 33.4 Å². The smallest absolute Gasteiger partial charge is 0.410 e. The van der Waals surface area contributed by atoms with Crippen LogP contribution in [0, 0.1) is 12.7 Å². The van der Waals surface area contributed by atoms with Crippen LogP contribution in [-0.2, 0) is 16.0 Å². The van der Waals surface area contributed by atoms with E-state index in [0.29, 0.717) is 48.0 Å². The number of carbonyl (C=O) groups excluding carboxylic acids is 2. The van der Waals surface area contributed by atoms with Crippen molar-refractivity contribution in [1.29, 1.82) is 0 Å². The number of hydrogen-bond donors (Lipinski definition) is 1. The summed E-state index contributed by atoms with van der Waals surface area (Å²) < 4.78 is 31.6. The van der Waals surface area contributed by atoms with Gasteiger partial charge in [0.25, 0.3) is 0 Å². The largest absolute Gasteiger partial charge is 0.474 e. The molecule has 0 radical (unpaired) electrons. The third-order valence-corrected chi connectivity index (χ3v) is 5.45. The summed E-state index contributed by atoms with van der Waals surface area (Å²) in [6.45, 7) is 8.12. The minimum absolute atomic E-state index is 0.0673. The summed E-state index contributed by atoms with van der Waals surface area (Å²) >= 11 is 0. The van der Waals surface area contributed by atoms with Gasteiger partial charge in [-0.1, -0.05) is 6.07 Å². The van der Waals surface area contributed by atoms with Crippen LogP contribution in [0.1, 0.15) is 44.7 Å². The first-order chi connectivity index (χ1) is 16.7. The number of likely N-dealkylation sites (tertiary alicyclic amines) is 1. The van der Waals surface area contributed by atoms with Gasteiger partial charge in [0, 0.05) is 32.5 Å². The Labute approximate surface area is 203 Å². The summed E-state index contributed by atoms with van der Waals surface area (Å²) in [6.07, 6.45) is 1.72. The molecule has 2 aromatic rings. The summed E-state index contributed by atoms with van der Waals surface area (Å²) in [5.74, 6) is -0.803. The Morgan fingerprint density at radius 2 is 1.91 bits per heavy atom. The highest BCUT2D eigenvalue weighted by Crippen LogP contribution is 2.31. The fourth-order valence-corrected chi connectivity index (χ4v) is 3.51. The first-order valence-corrected chi connectivity index (χ1v) is 11.6. The maximum atomic E-state index is 14.6. The molecule has 1 aromatic carbocycles. The third-order valence-electron chi connectivity index (χ3n) is 5.45. The van der Waals surface area contributed by atoms with Crippen molar-refractivity contribution in [3.05, 3.63) is 41.5 Å². The van der Waals surface area contributed by atoms with Crippen molar-refractivity contribution >= 4 is 12.0 Å². The molecule has 35 heavy (non-hydrogen) atoms. The summed E-state index contributed by atoms with van der Waals surface area (Å²) in [5.41, 5.74) is 0.908. The van der Waals surface area contributed by atoms with Gasteiger partial charge in [-0.3, -0.25) is 10.0 Å². The molecule has 1 N–H and O–H groups in total. The number of hydroxylamine groups is 2. The molecule has 0 saturated carbocycles. The molecule has 190 valence electrons. The number of likely N-dealkylation sites (N-methyl/N-ethyl adjacent to an activating group) is 1. The molecule has 0 atom stereocenters. The van der Waals surface area contributed by atoms with E-state index in [1.165, 1.54) is 18.5 Å². The Hall–Kier alpha value is -3.47. The van der Waals surface area contributed by atoms with Crippen molar-refractivity contribution in [3.63, 3.8) is 0 Å². The van der Waals surface area contributed by atoms with E-state index in [-0.39, 0.29) is 42.9 Å². The van der Waals surface area contributed by atoms with E-state index < -0.39 is 11.7 Å². The van der Waals surface area contributed by atoms with E-state index in [2.05, 4.69) is 9.97 Å². The zero-order valence-electron chi connectivity index (χ0n) is 20.4. The molecule has 1 aliphatic heterocycles. The molecule has 2 heterocycles. The molecule has 1 saturated heterocycles. The highest BCUT2D eigenvalue weighted by molar-refractivity contribution is 5.77. The molecule has 0 bridgehead atoms. The minimum atomic E-state index is -0.669. The fraction of sp³-hybridized carbons (Fsp3) is 0.500. The number of aromatic nitrogens is 2. The van der Waals surface area contributed by atoms with Gasteiger partial charge in [0.1, 0.15) is 12.4 Å². The van der Waals surface area contributed by atoms with E-state index in [9.17, 15) is 19.2 Å². The van der Waals surface area contributed by atoms with Crippen LogP contribution in [0.15, 0.2) is 24.5 Å². The van der Waals surface area contributed by atoms with Crippen molar-refractivity contribution in [1.82, 2.24) is 19.9 Å². The minimum Gasteiger partial charge on any atom is -0.474 e. The van der Waals surface area contributed by atoms with Crippen LogP contribution >= 0.6 is 0 Å². The lowest BCUT2D eigenvalue weighted by Gasteiger charge is -2.31. The summed E-state index contributed by atoms with van der Waals surface area (Å²) in [4.78, 5) is 33.8. The van der Waals surface area contributed by atoms with Gasteiger partial charge in [0.2, 0.25) is 17.7 Å². The number of ether oxygens (including phenoxy) is 3. The average Bonchev–Trinajstić information content (AvgIpc) is 2.82. The molecule has 1 aromatic heterocycles. The number of hydrogen-bond acceptors (Lipinski definition) is 8. The van der Waals surface area contributed by atoms with Crippen LogP contribution in [0.4, 0.5) is 9.18 Å². The number of piperidine rings is 1. The third kappa shape index (κ3) is 7.01. The summed E-state index contributed by atoms with van der Waals surface area (Å²) in [6, 6.07) is 4.13. The normalized spacial score (nSPS) is 14.1. The molecule has 3 rings (SSSR count). The standard InChI is InChI=1S/C24H31FN4O6/c1-5-29(32)21(30)13-17-6-7-20(19(25)12-17)35-23-16(4)22(26-14-27-23)34-18-8-10-28(11-9-18)24(31)33-15(2)3/h6-7,12,14-15,18,32H,5,8-11,13H2,1-4H3. The highest BCUT2D eigenvalue weighted by atomic mass is 19.1. The van der Waals surface area contributed by atoms with E-state index >= 15 is 0 Å². The van der Waals surface area contributed by atoms with Crippen LogP contribution in [-0.4, -0.2) is 69.0 Å². The Morgan fingerprint density at radius 3 is 2.54 bits per heavy atom. The first-order valence-electron chi connectivity index (χ1n) is 11.6. The zero-order valence-corrected chi connectivity index (χ0v) is 20.4. The van der Waals surface area contributed by atoms with Gasteiger partial charge in [-0.15, -0.1) is 0 Å². The van der Waals surface area contributed by atoms with E-state index in [1.807, 2.05) is 13.8 Å². The van der Waals surface area contributed by atoms with Gasteiger partial charge in [0.05, 0.1) is 18.1 Å². The number of benzene rings is 1. The van der Waals surface area contributed by atoms with Gasteiger partial charge in [0.15, 0.2) is 11.6 Å². The zero-order chi connectivity index (χ0) is 25.5. The fourth-order valence-electron chi connectivity index (χ4n) is 3.51. The summed E-state index contributed by atoms with van der Waals surface area (Å²) in [7, 11) is 0. The lowest BCUT2D eigenvalue weighted by atomic mass is 10.1. The predicted molar refractivity (Wildman–Crippen MR) is 123 cm³/mol. The number of halogens is 1. The van der Waals surface area contributed by atoms with Crippen molar-refractivity contribution in [3.8, 4) is 17.5 Å². The summed E-state index contributed by atoms with van der Waals surface area (Å²) in [5, 5.41) is 10.0. The molecule has 2 amide bonds. The van der Waals surface area contributed by atoms with Gasteiger partial charge in [-0.25, -0.2) is 24.2 Å². The molecule has 11 heteroatoms. The molecule has 0 spiro atoms. The predicted octanol–water partition coefficient (Wildman–Crippen LogP) is 3.88. The van der Waals surface area contributed by atoms with E-state index in [0.717, 1.165) is 0 Å². The second kappa shape index (κ2) is 11.8. The molecule has 1 aliphatic rings. The Morgan fingerprint density at radius 1 is 1.23 bits per heavy atom. The Kier molecular flexibility index (Phi) is 8.80. The Balaban J connectivity index is 1.62. The Bertz CT molecular complexity index is 1040. The molecular weight excluding hydrogens is 459 g/mol. The second-order valence-electron chi connectivity index (χ2n) is 8.50. The van der Waals surface area contributed by atoms with E-state index in [4.69, 9.17) is 14.2 Å². The number of rotatable bonds is 8. The maximum absolute atomic E-state index is 14.6. The molecular formula is C24H31FN4O6. The van der Waals surface area contributed by atoms with Crippen LogP contribution in [0.3, 0.4) is 0 Å². The van der Waals surface area contributed by atoms with Crippen molar-refractivity contribution in [2.24, 2.45) is 0 Å². The quantitative estimate of drug-likeness (QED) is 0.438. The number of nitrogens with zero attached hydrogens (tertiary/aromatic N) is 4. The maximum Gasteiger partial charge on any atom is 0.410 e. The molecule has 10 nitrogen and oxygen atoms in total. The SMILES string of the molecule is CCN(O)C(=O)Cc1ccc(Oc2ncnc(OC3CCN(C(=O)OC(C)C)CC3)c2C)c(F)c1. The average molecular weight is 491 g/mol. The van der Waals surface area contributed by atoms with E-state index in [1.54, 1.807) is 24.8 Å². The van der Waals surface area contributed by atoms with Gasteiger partial charge in [-0.2, -0.15) is 0 Å². The van der Waals surface area contributed by atoms with Crippen LogP contribution in [0.5, 0.6) is 17.5 Å². The topological polar surface area (TPSA) is 114 Å². The molecule has 0 unspecified atom stereocenters. The second-order valence-corrected chi connectivity index (χ2v) is 8.50. The van der Waals surface area contributed by atoms with Crippen molar-refractivity contribution in [2.75, 3.05) is 19.6 Å². The van der Waals surface area contributed by atoms with Crippen molar-refractivity contribution in [2.45, 2.75) is 59.2 Å². The van der Waals surface area contributed by atoms with Gasteiger partial charge < -0.3 is 19.1 Å². The first kappa shape index (κ1) is 26.1. The van der Waals surface area contributed by atoms with Crippen LogP contribution in [0.2, 0.25) is 0 Å². The number of carbonyl (C=O) groups is 2. The van der Waals surface area contributed by atoms with Gasteiger partial charge >= 0.3 is 6.09 Å². The van der Waals surface area contributed by atoms with Gasteiger partial charge in [-0.05, 0) is 45.4 Å². The molecule has 0 aliphatic carbocycles. The molecule has 1 fully saturated rings. The monoisotopic (exact) mass is 490 g/mol. The van der Waals surface area contributed by atoms with Crippen LogP contribution < -0.4 is 9.47 Å². The lowest BCUT2D eigenvalue weighted by molar-refractivity contribution is -0.163. The highest BCUT2D eigenvalue weighted by Gasteiger charge is 2.26.